The fraction of sp³-hybridized carbons (Fsp3) is 0.833. The van der Waals surface area contributed by atoms with Gasteiger partial charge in [0.25, 0.3) is 0 Å². The van der Waals surface area contributed by atoms with Crippen molar-refractivity contribution in [1.29, 1.82) is 0 Å². The molecule has 4 unspecified atom stereocenters. The van der Waals surface area contributed by atoms with E-state index in [0.717, 1.165) is 0 Å². The first-order chi connectivity index (χ1) is 10.4. The lowest BCUT2D eigenvalue weighted by atomic mass is 10.3. The Morgan fingerprint density at radius 1 is 0.591 bits per heavy atom. The highest BCUT2D eigenvalue weighted by molar-refractivity contribution is 5.77. The van der Waals surface area contributed by atoms with Crippen LogP contribution >= 0.6 is 0 Å². The lowest BCUT2D eigenvalue weighted by molar-refractivity contribution is -0.438. The number of urea groups is 2. The molecule has 10 heteroatoms. The first kappa shape index (κ1) is 14.0. The van der Waals surface area contributed by atoms with E-state index in [1.807, 2.05) is 0 Å². The van der Waals surface area contributed by atoms with E-state index in [-0.39, 0.29) is 12.1 Å². The Labute approximate surface area is 127 Å². The third kappa shape index (κ3) is 1.63. The molecule has 4 fully saturated rings. The summed E-state index contributed by atoms with van der Waals surface area (Å²) in [5.74, 6) is 0. The molecule has 0 aromatic rings. The highest BCUT2D eigenvalue weighted by atomic mass is 16.8. The molecule has 0 aliphatic carbocycles. The zero-order valence-corrected chi connectivity index (χ0v) is 12.7. The summed E-state index contributed by atoms with van der Waals surface area (Å²) in [5, 5.41) is 0. The van der Waals surface area contributed by atoms with Crippen molar-refractivity contribution < 1.29 is 28.5 Å². The third-order valence-electron chi connectivity index (χ3n) is 4.54. The van der Waals surface area contributed by atoms with Crippen LogP contribution in [0.5, 0.6) is 0 Å². The van der Waals surface area contributed by atoms with Crippen molar-refractivity contribution in [2.75, 3.05) is 28.2 Å². The van der Waals surface area contributed by atoms with Gasteiger partial charge in [-0.2, -0.15) is 0 Å². The van der Waals surface area contributed by atoms with Crippen molar-refractivity contribution in [2.24, 2.45) is 0 Å². The summed E-state index contributed by atoms with van der Waals surface area (Å²) in [7, 11) is 6.55. The molecule has 4 aliphatic heterocycles. The molecule has 122 valence electrons. The van der Waals surface area contributed by atoms with E-state index >= 15 is 0 Å². The lowest BCUT2D eigenvalue weighted by Crippen LogP contribution is -2.62. The number of likely N-dealkylation sites (N-methyl/N-ethyl adjacent to an activating group) is 4. The maximum absolute atomic E-state index is 12.0. The predicted molar refractivity (Wildman–Crippen MR) is 68.9 cm³/mol. The second kappa shape index (κ2) is 4.44. The molecule has 0 aromatic heterocycles. The SMILES string of the molecule is CN1C(=O)N(C)C2OC3OC4C(OC3OC21)N(C)C(=O)N4C. The molecule has 22 heavy (non-hydrogen) atoms. The lowest BCUT2D eigenvalue weighted by Gasteiger charge is -2.45. The van der Waals surface area contributed by atoms with Gasteiger partial charge in [0, 0.05) is 28.2 Å². The van der Waals surface area contributed by atoms with E-state index in [1.165, 1.54) is 19.6 Å². The molecule has 4 aliphatic rings. The predicted octanol–water partition coefficient (Wildman–Crippen LogP) is -0.969. The third-order valence-corrected chi connectivity index (χ3v) is 4.54. The Balaban J connectivity index is 1.57. The number of carbonyl (C=O) groups is 2. The van der Waals surface area contributed by atoms with Crippen molar-refractivity contribution in [1.82, 2.24) is 19.6 Å². The summed E-state index contributed by atoms with van der Waals surface area (Å²) in [5.41, 5.74) is 0. The van der Waals surface area contributed by atoms with Crippen molar-refractivity contribution in [3.8, 4) is 0 Å². The summed E-state index contributed by atoms with van der Waals surface area (Å²) in [6, 6.07) is -0.392. The van der Waals surface area contributed by atoms with Crippen LogP contribution in [0.15, 0.2) is 0 Å². The van der Waals surface area contributed by atoms with Crippen molar-refractivity contribution in [3.05, 3.63) is 0 Å². The number of hydrogen-bond acceptors (Lipinski definition) is 6. The van der Waals surface area contributed by atoms with Gasteiger partial charge in [-0.3, -0.25) is 19.6 Å². The van der Waals surface area contributed by atoms with Gasteiger partial charge in [-0.1, -0.05) is 0 Å². The molecule has 10 nitrogen and oxygen atoms in total. The van der Waals surface area contributed by atoms with E-state index in [1.54, 1.807) is 28.2 Å². The van der Waals surface area contributed by atoms with Crippen molar-refractivity contribution >= 4 is 12.1 Å². The highest BCUT2D eigenvalue weighted by Crippen LogP contribution is 2.37. The zero-order chi connectivity index (χ0) is 15.8. The van der Waals surface area contributed by atoms with Crippen LogP contribution < -0.4 is 0 Å². The number of nitrogens with zero attached hydrogens (tertiary/aromatic N) is 4. The van der Waals surface area contributed by atoms with Crippen LogP contribution in [-0.4, -0.2) is 97.3 Å². The van der Waals surface area contributed by atoms with Gasteiger partial charge in [-0.05, 0) is 0 Å². The zero-order valence-electron chi connectivity index (χ0n) is 12.7. The Bertz CT molecular complexity index is 446. The average molecular weight is 314 g/mol. The largest absolute Gasteiger partial charge is 0.323 e. The first-order valence-corrected chi connectivity index (χ1v) is 7.01. The van der Waals surface area contributed by atoms with Crippen LogP contribution in [0.1, 0.15) is 0 Å². The Hall–Kier alpha value is -1.62. The highest BCUT2D eigenvalue weighted by Gasteiger charge is 2.58. The van der Waals surface area contributed by atoms with Crippen molar-refractivity contribution in [3.63, 3.8) is 0 Å². The van der Waals surface area contributed by atoms with E-state index in [4.69, 9.17) is 18.9 Å². The van der Waals surface area contributed by atoms with Crippen LogP contribution in [0.2, 0.25) is 0 Å². The monoisotopic (exact) mass is 314 g/mol. The molecule has 0 radical (unpaired) electrons. The maximum Gasteiger partial charge on any atom is 0.323 e. The summed E-state index contributed by atoms with van der Waals surface area (Å²) >= 11 is 0. The fourth-order valence-corrected chi connectivity index (χ4v) is 3.20. The molecule has 0 spiro atoms. The molecule has 4 saturated heterocycles. The van der Waals surface area contributed by atoms with Gasteiger partial charge >= 0.3 is 12.1 Å². The van der Waals surface area contributed by atoms with Crippen LogP contribution in [0.3, 0.4) is 0 Å². The van der Waals surface area contributed by atoms with Gasteiger partial charge in [-0.15, -0.1) is 0 Å². The van der Waals surface area contributed by atoms with Crippen LogP contribution in [0.4, 0.5) is 9.59 Å². The number of rotatable bonds is 0. The quantitative estimate of drug-likeness (QED) is 0.572. The average Bonchev–Trinajstić information content (AvgIpc) is 2.85. The molecular formula is C12H18N4O6. The summed E-state index contributed by atoms with van der Waals surface area (Å²) < 4.78 is 23.3. The summed E-state index contributed by atoms with van der Waals surface area (Å²) in [4.78, 5) is 29.7. The molecule has 4 heterocycles. The molecule has 0 N–H and O–H groups in total. The Kier molecular flexibility index (Phi) is 2.83. The number of ether oxygens (including phenoxy) is 4. The van der Waals surface area contributed by atoms with Crippen LogP contribution in [-0.2, 0) is 18.9 Å². The van der Waals surface area contributed by atoms with Gasteiger partial charge in [0.2, 0.25) is 12.6 Å². The number of fused-ring (bicyclic) bond motifs is 3. The minimum atomic E-state index is -0.800. The van der Waals surface area contributed by atoms with Crippen molar-refractivity contribution in [2.45, 2.75) is 37.5 Å². The second-order valence-corrected chi connectivity index (χ2v) is 5.85. The molecule has 4 atom stereocenters. The minimum absolute atomic E-state index is 0.196. The van der Waals surface area contributed by atoms with E-state index in [0.29, 0.717) is 0 Å². The number of carbonyl (C=O) groups excluding carboxylic acids is 2. The second-order valence-electron chi connectivity index (χ2n) is 5.85. The smallest absolute Gasteiger partial charge is 0.319 e. The number of hydrogen-bond donors (Lipinski definition) is 0. The molecule has 0 aromatic carbocycles. The standard InChI is InChI=1S/C12H18N4O6/c1-13-5-6(14(2)11(13)17)20-10-9(19-5)21-7-8(22-10)16(4)12(18)15(7)3/h5-10H,1-4H3. The number of amides is 4. The van der Waals surface area contributed by atoms with E-state index in [9.17, 15) is 9.59 Å². The minimum Gasteiger partial charge on any atom is -0.319 e. The Morgan fingerprint density at radius 2 is 0.818 bits per heavy atom. The van der Waals surface area contributed by atoms with E-state index < -0.39 is 37.5 Å². The van der Waals surface area contributed by atoms with Gasteiger partial charge in [0.15, 0.2) is 24.9 Å². The topological polar surface area (TPSA) is 84.0 Å². The fourth-order valence-electron chi connectivity index (χ4n) is 3.20. The van der Waals surface area contributed by atoms with Gasteiger partial charge < -0.3 is 18.9 Å². The maximum atomic E-state index is 12.0. The molecular weight excluding hydrogens is 296 g/mol. The normalized spacial score (nSPS) is 44.4. The van der Waals surface area contributed by atoms with Crippen LogP contribution in [0, 0.1) is 0 Å². The van der Waals surface area contributed by atoms with Gasteiger partial charge in [-0.25, -0.2) is 9.59 Å². The molecule has 0 bridgehead atoms. The van der Waals surface area contributed by atoms with Crippen LogP contribution in [0.25, 0.3) is 0 Å². The summed E-state index contributed by atoms with van der Waals surface area (Å²) in [6.45, 7) is 0. The Morgan fingerprint density at radius 3 is 1.05 bits per heavy atom. The molecule has 4 amide bonds. The molecule has 0 saturated carbocycles. The van der Waals surface area contributed by atoms with Gasteiger partial charge in [0.1, 0.15) is 0 Å². The molecule has 4 rings (SSSR count). The van der Waals surface area contributed by atoms with Gasteiger partial charge in [0.05, 0.1) is 0 Å². The van der Waals surface area contributed by atoms with E-state index in [2.05, 4.69) is 0 Å². The first-order valence-electron chi connectivity index (χ1n) is 7.01. The summed E-state index contributed by atoms with van der Waals surface area (Å²) in [6.07, 6.45) is -3.88.